The van der Waals surface area contributed by atoms with Gasteiger partial charge in [-0.3, -0.25) is 4.79 Å². The van der Waals surface area contributed by atoms with Crippen LogP contribution in [0.1, 0.15) is 17.3 Å². The molecule has 0 aliphatic carbocycles. The molecule has 0 amide bonds. The fourth-order valence-electron chi connectivity index (χ4n) is 2.23. The second-order valence-electron chi connectivity index (χ2n) is 4.68. The quantitative estimate of drug-likeness (QED) is 0.533. The number of thioether (sulfide) groups is 1. The van der Waals surface area contributed by atoms with Gasteiger partial charge in [-0.15, -0.1) is 0 Å². The zero-order chi connectivity index (χ0) is 15.5. The number of imidazole rings is 1. The van der Waals surface area contributed by atoms with E-state index in [0.717, 1.165) is 16.3 Å². The van der Waals surface area contributed by atoms with Gasteiger partial charge in [0.25, 0.3) is 0 Å². The zero-order valence-electron chi connectivity index (χ0n) is 12.0. The van der Waals surface area contributed by atoms with E-state index in [9.17, 15) is 9.18 Å². The highest BCUT2D eigenvalue weighted by atomic mass is 32.2. The Hall–Kier alpha value is -2.21. The van der Waals surface area contributed by atoms with Crippen molar-refractivity contribution in [3.8, 4) is 0 Å². The maximum absolute atomic E-state index is 13.6. The van der Waals surface area contributed by atoms with Gasteiger partial charge in [-0.1, -0.05) is 23.9 Å². The molecule has 4 nitrogen and oxygen atoms in total. The number of Topliss-reactive ketones (excluding diaryl/α,β-unsaturated/α-hetero) is 1. The maximum atomic E-state index is 13.6. The third-order valence-corrected chi connectivity index (χ3v) is 4.27. The van der Waals surface area contributed by atoms with E-state index in [2.05, 4.69) is 9.97 Å². The van der Waals surface area contributed by atoms with E-state index in [1.165, 1.54) is 23.9 Å². The summed E-state index contributed by atoms with van der Waals surface area (Å²) in [4.78, 5) is 20.9. The molecular formula is C16H14FN3OS. The summed E-state index contributed by atoms with van der Waals surface area (Å²) in [6.07, 6.45) is 1.72. The summed E-state index contributed by atoms with van der Waals surface area (Å²) in [6, 6.07) is 9.74. The van der Waals surface area contributed by atoms with Crippen molar-refractivity contribution in [2.75, 3.05) is 5.75 Å². The molecule has 6 heteroatoms. The minimum atomic E-state index is -0.487. The molecule has 2 aromatic heterocycles. The first-order valence-electron chi connectivity index (χ1n) is 6.92. The number of rotatable bonds is 5. The number of aryl methyl sites for hydroxylation is 1. The predicted molar refractivity (Wildman–Crippen MR) is 84.7 cm³/mol. The third-order valence-electron chi connectivity index (χ3n) is 3.29. The summed E-state index contributed by atoms with van der Waals surface area (Å²) < 4.78 is 15.6. The summed E-state index contributed by atoms with van der Waals surface area (Å²) in [5.74, 6) is -0.589. The summed E-state index contributed by atoms with van der Waals surface area (Å²) in [6.45, 7) is 2.71. The number of benzene rings is 1. The van der Waals surface area contributed by atoms with Crippen LogP contribution in [-0.2, 0) is 6.54 Å². The predicted octanol–water partition coefficient (Wildman–Crippen LogP) is 3.57. The molecule has 0 saturated heterocycles. The van der Waals surface area contributed by atoms with Crippen LogP contribution in [0.3, 0.4) is 0 Å². The Labute approximate surface area is 131 Å². The monoisotopic (exact) mass is 315 g/mol. The van der Waals surface area contributed by atoms with Crippen LogP contribution in [0, 0.1) is 5.82 Å². The molecule has 2 heterocycles. The Bertz CT molecular complexity index is 831. The average molecular weight is 315 g/mol. The Morgan fingerprint density at radius 2 is 2.09 bits per heavy atom. The lowest BCUT2D eigenvalue weighted by atomic mass is 10.1. The fourth-order valence-corrected chi connectivity index (χ4v) is 3.18. The number of hydrogen-bond donors (Lipinski definition) is 0. The molecule has 0 aliphatic heterocycles. The number of fused-ring (bicyclic) bond motifs is 1. The summed E-state index contributed by atoms with van der Waals surface area (Å²) in [5.41, 5.74) is 1.71. The van der Waals surface area contributed by atoms with Crippen LogP contribution in [0.15, 0.2) is 47.8 Å². The van der Waals surface area contributed by atoms with E-state index in [-0.39, 0.29) is 17.1 Å². The van der Waals surface area contributed by atoms with Gasteiger partial charge in [0.1, 0.15) is 11.3 Å². The first-order chi connectivity index (χ1) is 10.7. The van der Waals surface area contributed by atoms with Gasteiger partial charge in [0, 0.05) is 12.7 Å². The van der Waals surface area contributed by atoms with Crippen molar-refractivity contribution in [2.45, 2.75) is 18.6 Å². The van der Waals surface area contributed by atoms with E-state index < -0.39 is 5.82 Å². The van der Waals surface area contributed by atoms with Crippen LogP contribution in [0.4, 0.5) is 4.39 Å². The van der Waals surface area contributed by atoms with Crippen LogP contribution >= 0.6 is 11.8 Å². The summed E-state index contributed by atoms with van der Waals surface area (Å²) in [5, 5.41) is 0.723. The SMILES string of the molecule is CCn1c(SCC(=O)c2ccccc2F)nc2cccnc21. The minimum Gasteiger partial charge on any atom is -0.304 e. The van der Waals surface area contributed by atoms with Crippen LogP contribution in [0.5, 0.6) is 0 Å². The largest absolute Gasteiger partial charge is 0.304 e. The topological polar surface area (TPSA) is 47.8 Å². The van der Waals surface area contributed by atoms with Crippen LogP contribution in [-0.4, -0.2) is 26.1 Å². The number of ketones is 1. The van der Waals surface area contributed by atoms with Crippen molar-refractivity contribution in [1.29, 1.82) is 0 Å². The first kappa shape index (κ1) is 14.7. The summed E-state index contributed by atoms with van der Waals surface area (Å²) >= 11 is 1.30. The normalized spacial score (nSPS) is 11.0. The van der Waals surface area contributed by atoms with Gasteiger partial charge < -0.3 is 4.57 Å². The zero-order valence-corrected chi connectivity index (χ0v) is 12.8. The highest BCUT2D eigenvalue weighted by molar-refractivity contribution is 7.99. The van der Waals surface area contributed by atoms with Crippen LogP contribution in [0.2, 0.25) is 0 Å². The second-order valence-corrected chi connectivity index (χ2v) is 5.62. The second kappa shape index (κ2) is 6.27. The lowest BCUT2D eigenvalue weighted by Gasteiger charge is -2.05. The standard InChI is InChI=1S/C16H14FN3OS/c1-2-20-15-13(8-5-9-18-15)19-16(20)22-10-14(21)11-6-3-4-7-12(11)17/h3-9H,2,10H2,1H3. The lowest BCUT2D eigenvalue weighted by Crippen LogP contribution is -2.06. The molecule has 3 rings (SSSR count). The Morgan fingerprint density at radius 1 is 1.27 bits per heavy atom. The van der Waals surface area contributed by atoms with Gasteiger partial charge in [-0.2, -0.15) is 0 Å². The molecule has 0 aliphatic rings. The van der Waals surface area contributed by atoms with E-state index in [1.54, 1.807) is 18.3 Å². The van der Waals surface area contributed by atoms with Gasteiger partial charge >= 0.3 is 0 Å². The van der Waals surface area contributed by atoms with E-state index in [1.807, 2.05) is 23.6 Å². The molecule has 0 unspecified atom stereocenters. The van der Waals surface area contributed by atoms with Crippen molar-refractivity contribution in [3.63, 3.8) is 0 Å². The highest BCUT2D eigenvalue weighted by Crippen LogP contribution is 2.23. The molecule has 0 saturated carbocycles. The molecule has 1 aromatic carbocycles. The molecule has 0 N–H and O–H groups in total. The minimum absolute atomic E-state index is 0.118. The lowest BCUT2D eigenvalue weighted by molar-refractivity contribution is 0.101. The molecule has 112 valence electrons. The van der Waals surface area contributed by atoms with Crippen molar-refractivity contribution in [2.24, 2.45) is 0 Å². The Morgan fingerprint density at radius 3 is 2.86 bits per heavy atom. The van der Waals surface area contributed by atoms with Crippen molar-refractivity contribution in [1.82, 2.24) is 14.5 Å². The van der Waals surface area contributed by atoms with Gasteiger partial charge in [0.2, 0.25) is 0 Å². The Kier molecular flexibility index (Phi) is 4.20. The van der Waals surface area contributed by atoms with E-state index in [4.69, 9.17) is 0 Å². The highest BCUT2D eigenvalue weighted by Gasteiger charge is 2.15. The third kappa shape index (κ3) is 2.74. The molecule has 22 heavy (non-hydrogen) atoms. The van der Waals surface area contributed by atoms with Crippen molar-refractivity contribution in [3.05, 3.63) is 54.0 Å². The molecule has 0 spiro atoms. The first-order valence-corrected chi connectivity index (χ1v) is 7.91. The average Bonchev–Trinajstić information content (AvgIpc) is 2.90. The van der Waals surface area contributed by atoms with E-state index >= 15 is 0 Å². The number of hydrogen-bond acceptors (Lipinski definition) is 4. The van der Waals surface area contributed by atoms with Gasteiger partial charge in [-0.25, -0.2) is 14.4 Å². The number of halogens is 1. The van der Waals surface area contributed by atoms with Gasteiger partial charge in [0.05, 0.1) is 11.3 Å². The molecule has 0 atom stereocenters. The smallest absolute Gasteiger partial charge is 0.176 e. The number of carbonyl (C=O) groups excluding carboxylic acids is 1. The molecule has 0 fully saturated rings. The maximum Gasteiger partial charge on any atom is 0.176 e. The fraction of sp³-hybridized carbons (Fsp3) is 0.188. The number of carbonyl (C=O) groups is 1. The number of nitrogens with zero attached hydrogens (tertiary/aromatic N) is 3. The molecular weight excluding hydrogens is 301 g/mol. The van der Waals surface area contributed by atoms with Crippen LogP contribution < -0.4 is 0 Å². The Balaban J connectivity index is 1.82. The van der Waals surface area contributed by atoms with Crippen molar-refractivity contribution < 1.29 is 9.18 Å². The van der Waals surface area contributed by atoms with Crippen LogP contribution in [0.25, 0.3) is 11.2 Å². The number of aromatic nitrogens is 3. The van der Waals surface area contributed by atoms with E-state index in [0.29, 0.717) is 6.54 Å². The number of pyridine rings is 1. The van der Waals surface area contributed by atoms with Gasteiger partial charge in [0.15, 0.2) is 16.6 Å². The van der Waals surface area contributed by atoms with Gasteiger partial charge in [-0.05, 0) is 31.2 Å². The molecule has 0 radical (unpaired) electrons. The summed E-state index contributed by atoms with van der Waals surface area (Å²) in [7, 11) is 0. The van der Waals surface area contributed by atoms with Crippen molar-refractivity contribution >= 4 is 28.7 Å². The molecule has 3 aromatic rings. The molecule has 0 bridgehead atoms.